The van der Waals surface area contributed by atoms with Crippen LogP contribution in [0.2, 0.25) is 0 Å². The molecule has 0 saturated heterocycles. The number of para-hydroxylation sites is 2. The van der Waals surface area contributed by atoms with Crippen molar-refractivity contribution < 1.29 is 9.53 Å². The summed E-state index contributed by atoms with van der Waals surface area (Å²) in [4.78, 5) is 17.3. The topological polar surface area (TPSA) is 56.1 Å². The van der Waals surface area contributed by atoms with Crippen LogP contribution in [-0.4, -0.2) is 22.1 Å². The SMILES string of the molecule is Cc1ccc(OCCCCn2c(C(C)NC(=O)C(C)(C)C)nc3ccccc32)cc1C. The van der Waals surface area contributed by atoms with E-state index in [1.807, 2.05) is 52.0 Å². The Bertz CT molecular complexity index is 1050. The number of ether oxygens (including phenoxy) is 1. The third-order valence-corrected chi connectivity index (χ3v) is 5.62. The number of rotatable bonds is 8. The summed E-state index contributed by atoms with van der Waals surface area (Å²) in [5.41, 5.74) is 4.15. The molecule has 5 nitrogen and oxygen atoms in total. The highest BCUT2D eigenvalue weighted by atomic mass is 16.5. The molecule has 0 bridgehead atoms. The molecule has 3 aromatic rings. The molecule has 1 amide bonds. The number of aromatic nitrogens is 2. The van der Waals surface area contributed by atoms with Crippen molar-refractivity contribution in [2.45, 2.75) is 67.0 Å². The van der Waals surface area contributed by atoms with Gasteiger partial charge in [0.1, 0.15) is 11.6 Å². The van der Waals surface area contributed by atoms with Crippen LogP contribution in [0, 0.1) is 19.3 Å². The first-order chi connectivity index (χ1) is 14.7. The average Bonchev–Trinajstić information content (AvgIpc) is 3.08. The van der Waals surface area contributed by atoms with Crippen LogP contribution in [0.15, 0.2) is 42.5 Å². The lowest BCUT2D eigenvalue weighted by molar-refractivity contribution is -0.129. The highest BCUT2D eigenvalue weighted by molar-refractivity contribution is 5.82. The predicted molar refractivity (Wildman–Crippen MR) is 126 cm³/mol. The molecule has 1 aromatic heterocycles. The lowest BCUT2D eigenvalue weighted by Gasteiger charge is -2.22. The molecule has 166 valence electrons. The first-order valence-corrected chi connectivity index (χ1v) is 11.1. The summed E-state index contributed by atoms with van der Waals surface area (Å²) < 4.78 is 8.17. The summed E-state index contributed by atoms with van der Waals surface area (Å²) in [6.07, 6.45) is 1.92. The summed E-state index contributed by atoms with van der Waals surface area (Å²) >= 11 is 0. The number of hydrogen-bond acceptors (Lipinski definition) is 3. The van der Waals surface area contributed by atoms with Crippen LogP contribution in [-0.2, 0) is 11.3 Å². The van der Waals surface area contributed by atoms with Gasteiger partial charge in [-0.05, 0) is 69.0 Å². The Morgan fingerprint density at radius 1 is 1.10 bits per heavy atom. The number of hydrogen-bond donors (Lipinski definition) is 1. The van der Waals surface area contributed by atoms with E-state index < -0.39 is 5.41 Å². The molecule has 0 aliphatic rings. The third kappa shape index (κ3) is 5.66. The van der Waals surface area contributed by atoms with Crippen LogP contribution in [0.1, 0.15) is 63.5 Å². The normalized spacial score (nSPS) is 12.7. The van der Waals surface area contributed by atoms with Crippen molar-refractivity contribution in [1.82, 2.24) is 14.9 Å². The summed E-state index contributed by atoms with van der Waals surface area (Å²) in [7, 11) is 0. The Morgan fingerprint density at radius 2 is 1.84 bits per heavy atom. The number of benzene rings is 2. The maximum atomic E-state index is 12.5. The molecule has 1 unspecified atom stereocenters. The molecule has 0 aliphatic carbocycles. The Morgan fingerprint density at radius 3 is 2.55 bits per heavy atom. The molecular formula is C26H35N3O2. The van der Waals surface area contributed by atoms with Crippen LogP contribution in [0.3, 0.4) is 0 Å². The smallest absolute Gasteiger partial charge is 0.225 e. The number of unbranched alkanes of at least 4 members (excludes halogenated alkanes) is 1. The fourth-order valence-corrected chi connectivity index (χ4v) is 3.50. The van der Waals surface area contributed by atoms with Gasteiger partial charge in [0.15, 0.2) is 0 Å². The van der Waals surface area contributed by atoms with Gasteiger partial charge in [0.2, 0.25) is 5.91 Å². The van der Waals surface area contributed by atoms with Gasteiger partial charge in [0, 0.05) is 12.0 Å². The molecule has 1 N–H and O–H groups in total. The van der Waals surface area contributed by atoms with E-state index in [1.54, 1.807) is 0 Å². The Hall–Kier alpha value is -2.82. The number of nitrogens with one attached hydrogen (secondary N) is 1. The number of imidazole rings is 1. The van der Waals surface area contributed by atoms with E-state index >= 15 is 0 Å². The largest absolute Gasteiger partial charge is 0.494 e. The fourth-order valence-electron chi connectivity index (χ4n) is 3.50. The zero-order chi connectivity index (χ0) is 22.6. The summed E-state index contributed by atoms with van der Waals surface area (Å²) in [6, 6.07) is 14.2. The fraction of sp³-hybridized carbons (Fsp3) is 0.462. The summed E-state index contributed by atoms with van der Waals surface area (Å²) in [5, 5.41) is 3.12. The molecule has 31 heavy (non-hydrogen) atoms. The lowest BCUT2D eigenvalue weighted by atomic mass is 9.95. The molecule has 0 saturated carbocycles. The van der Waals surface area contributed by atoms with E-state index in [2.05, 4.69) is 41.9 Å². The van der Waals surface area contributed by atoms with Crippen LogP contribution < -0.4 is 10.1 Å². The lowest BCUT2D eigenvalue weighted by Crippen LogP contribution is -2.37. The standard InChI is InChI=1S/C26H35N3O2/c1-18-13-14-21(17-19(18)2)31-16-10-9-15-29-23-12-8-7-11-22(23)28-24(29)20(3)27-25(30)26(4,5)6/h7-8,11-14,17,20H,9-10,15-16H2,1-6H3,(H,27,30). The quantitative estimate of drug-likeness (QED) is 0.472. The average molecular weight is 422 g/mol. The van der Waals surface area contributed by atoms with Crippen molar-refractivity contribution in [3.05, 3.63) is 59.4 Å². The van der Waals surface area contributed by atoms with Crippen LogP contribution >= 0.6 is 0 Å². The van der Waals surface area contributed by atoms with Gasteiger partial charge in [0.25, 0.3) is 0 Å². The highest BCUT2D eigenvalue weighted by Gasteiger charge is 2.25. The van der Waals surface area contributed by atoms with Crippen molar-refractivity contribution in [2.24, 2.45) is 5.41 Å². The van der Waals surface area contributed by atoms with Gasteiger partial charge in [-0.15, -0.1) is 0 Å². The maximum Gasteiger partial charge on any atom is 0.225 e. The zero-order valence-electron chi connectivity index (χ0n) is 19.7. The van der Waals surface area contributed by atoms with Crippen LogP contribution in [0.4, 0.5) is 0 Å². The van der Waals surface area contributed by atoms with Gasteiger partial charge in [-0.1, -0.05) is 39.0 Å². The minimum absolute atomic E-state index is 0.0281. The van der Waals surface area contributed by atoms with Gasteiger partial charge in [-0.25, -0.2) is 4.98 Å². The van der Waals surface area contributed by atoms with E-state index in [9.17, 15) is 4.79 Å². The molecule has 1 atom stereocenters. The second-order valence-corrected chi connectivity index (χ2v) is 9.36. The predicted octanol–water partition coefficient (Wildman–Crippen LogP) is 5.74. The molecular weight excluding hydrogens is 386 g/mol. The number of carbonyl (C=O) groups excluding carboxylic acids is 1. The van der Waals surface area contributed by atoms with Crippen LogP contribution in [0.25, 0.3) is 11.0 Å². The number of amides is 1. The summed E-state index contributed by atoms with van der Waals surface area (Å²) in [5.74, 6) is 1.85. The maximum absolute atomic E-state index is 12.5. The molecule has 0 spiro atoms. The number of aryl methyl sites for hydroxylation is 3. The summed E-state index contributed by atoms with van der Waals surface area (Å²) in [6.45, 7) is 13.5. The van der Waals surface area contributed by atoms with Crippen molar-refractivity contribution in [2.75, 3.05) is 6.61 Å². The van der Waals surface area contributed by atoms with Gasteiger partial charge in [0.05, 0.1) is 23.7 Å². The molecule has 5 heteroatoms. The molecule has 0 radical (unpaired) electrons. The molecule has 2 aromatic carbocycles. The number of nitrogens with zero attached hydrogens (tertiary/aromatic N) is 2. The monoisotopic (exact) mass is 421 g/mol. The molecule has 0 fully saturated rings. The second-order valence-electron chi connectivity index (χ2n) is 9.36. The minimum atomic E-state index is -0.434. The van der Waals surface area contributed by atoms with Crippen molar-refractivity contribution >= 4 is 16.9 Å². The molecule has 0 aliphatic heterocycles. The van der Waals surface area contributed by atoms with Crippen molar-refractivity contribution in [3.63, 3.8) is 0 Å². The van der Waals surface area contributed by atoms with Gasteiger partial charge in [-0.3, -0.25) is 4.79 Å². The number of carbonyl (C=O) groups is 1. The van der Waals surface area contributed by atoms with E-state index in [-0.39, 0.29) is 11.9 Å². The van der Waals surface area contributed by atoms with Gasteiger partial charge in [-0.2, -0.15) is 0 Å². The zero-order valence-corrected chi connectivity index (χ0v) is 19.7. The first-order valence-electron chi connectivity index (χ1n) is 11.1. The Labute approximate surface area is 185 Å². The molecule has 1 heterocycles. The van der Waals surface area contributed by atoms with E-state index in [0.29, 0.717) is 6.61 Å². The van der Waals surface area contributed by atoms with Crippen LogP contribution in [0.5, 0.6) is 5.75 Å². The Balaban J connectivity index is 1.65. The van der Waals surface area contributed by atoms with Gasteiger partial charge >= 0.3 is 0 Å². The van der Waals surface area contributed by atoms with E-state index in [0.717, 1.165) is 42.0 Å². The van der Waals surface area contributed by atoms with E-state index in [4.69, 9.17) is 9.72 Å². The van der Waals surface area contributed by atoms with E-state index in [1.165, 1.54) is 11.1 Å². The minimum Gasteiger partial charge on any atom is -0.494 e. The highest BCUT2D eigenvalue weighted by Crippen LogP contribution is 2.23. The van der Waals surface area contributed by atoms with Crippen molar-refractivity contribution in [3.8, 4) is 5.75 Å². The number of fused-ring (bicyclic) bond motifs is 1. The molecule has 3 rings (SSSR count). The first kappa shape index (κ1) is 22.9. The third-order valence-electron chi connectivity index (χ3n) is 5.62. The van der Waals surface area contributed by atoms with Gasteiger partial charge < -0.3 is 14.6 Å². The second kappa shape index (κ2) is 9.54. The Kier molecular flexibility index (Phi) is 7.04. The van der Waals surface area contributed by atoms with Crippen molar-refractivity contribution in [1.29, 1.82) is 0 Å².